The van der Waals surface area contributed by atoms with Gasteiger partial charge in [-0.05, 0) is 47.5 Å². The van der Waals surface area contributed by atoms with Gasteiger partial charge in [0.05, 0.1) is 24.3 Å². The van der Waals surface area contributed by atoms with Gasteiger partial charge >= 0.3 is 6.18 Å². The summed E-state index contributed by atoms with van der Waals surface area (Å²) < 4.78 is 64.4. The number of hydrogen-bond acceptors (Lipinski definition) is 4. The van der Waals surface area contributed by atoms with Crippen LogP contribution < -0.4 is 0 Å². The van der Waals surface area contributed by atoms with Crippen molar-refractivity contribution in [1.82, 2.24) is 25.1 Å². The predicted molar refractivity (Wildman–Crippen MR) is 73.6 cm³/mol. The molecular formula is C14H14F5N5. The van der Waals surface area contributed by atoms with Crippen molar-refractivity contribution in [3.63, 3.8) is 0 Å². The van der Waals surface area contributed by atoms with Crippen LogP contribution in [0.5, 0.6) is 0 Å². The van der Waals surface area contributed by atoms with Gasteiger partial charge in [0.2, 0.25) is 0 Å². The highest BCUT2D eigenvalue weighted by molar-refractivity contribution is 5.35. The molecule has 1 heterocycles. The van der Waals surface area contributed by atoms with Crippen molar-refractivity contribution in [2.24, 2.45) is 0 Å². The molecule has 1 fully saturated rings. The summed E-state index contributed by atoms with van der Waals surface area (Å²) in [6, 6.07) is 4.43. The highest BCUT2D eigenvalue weighted by Gasteiger charge is 2.32. The van der Waals surface area contributed by atoms with Gasteiger partial charge < -0.3 is 0 Å². The summed E-state index contributed by atoms with van der Waals surface area (Å²) in [7, 11) is 0. The molecule has 0 unspecified atom stereocenters. The lowest BCUT2D eigenvalue weighted by Gasteiger charge is -2.20. The third kappa shape index (κ3) is 3.86. The van der Waals surface area contributed by atoms with Crippen LogP contribution in [0.2, 0.25) is 0 Å². The predicted octanol–water partition coefficient (Wildman–Crippen LogP) is 2.91. The van der Waals surface area contributed by atoms with Gasteiger partial charge in [0, 0.05) is 6.04 Å². The average Bonchev–Trinajstić information content (AvgIpc) is 3.25. The molecule has 0 spiro atoms. The molecule has 0 atom stereocenters. The standard InChI is InChI=1S/C14H14F5N5/c15-12(16)7-23(10-5-6-10)8-13-20-21-22-24(13)11-3-1-9(2-4-11)14(17,18)19/h1-4,10,12H,5-8H2. The smallest absolute Gasteiger partial charge is 0.287 e. The number of nitrogens with zero attached hydrogens (tertiary/aromatic N) is 5. The molecule has 1 aromatic heterocycles. The maximum Gasteiger partial charge on any atom is 0.416 e. The Hall–Kier alpha value is -2.10. The molecule has 1 aliphatic carbocycles. The summed E-state index contributed by atoms with van der Waals surface area (Å²) in [6.45, 7) is -0.270. The van der Waals surface area contributed by atoms with E-state index in [1.807, 2.05) is 0 Å². The molecule has 0 amide bonds. The SMILES string of the molecule is FC(F)CN(Cc1nnnn1-c1ccc(C(F)(F)F)cc1)C1CC1. The van der Waals surface area contributed by atoms with E-state index >= 15 is 0 Å². The Morgan fingerprint density at radius 2 is 1.83 bits per heavy atom. The fourth-order valence-electron chi connectivity index (χ4n) is 2.44. The quantitative estimate of drug-likeness (QED) is 0.754. The van der Waals surface area contributed by atoms with Crippen LogP contribution >= 0.6 is 0 Å². The Kier molecular flexibility index (Phi) is 4.48. The fraction of sp³-hybridized carbons (Fsp3) is 0.500. The molecule has 1 aliphatic rings. The van der Waals surface area contributed by atoms with Crippen LogP contribution in [-0.2, 0) is 12.7 Å². The normalized spacial score (nSPS) is 15.5. The van der Waals surface area contributed by atoms with Gasteiger partial charge in [0.1, 0.15) is 0 Å². The zero-order valence-electron chi connectivity index (χ0n) is 12.4. The second-order valence-corrected chi connectivity index (χ2v) is 5.60. The Balaban J connectivity index is 1.79. The number of hydrogen-bond donors (Lipinski definition) is 0. The van der Waals surface area contributed by atoms with Crippen LogP contribution in [0, 0.1) is 0 Å². The van der Waals surface area contributed by atoms with Crippen LogP contribution in [0.15, 0.2) is 24.3 Å². The molecule has 2 aromatic rings. The van der Waals surface area contributed by atoms with Gasteiger partial charge in [-0.2, -0.15) is 17.9 Å². The third-order valence-corrected chi connectivity index (χ3v) is 3.75. The Labute approximate surface area is 134 Å². The molecule has 0 N–H and O–H groups in total. The first kappa shape index (κ1) is 16.7. The monoisotopic (exact) mass is 347 g/mol. The topological polar surface area (TPSA) is 46.8 Å². The van der Waals surface area contributed by atoms with Crippen molar-refractivity contribution < 1.29 is 22.0 Å². The molecule has 1 saturated carbocycles. The molecule has 0 radical (unpaired) electrons. The van der Waals surface area contributed by atoms with E-state index in [1.165, 1.54) is 16.8 Å². The molecule has 0 saturated heterocycles. The van der Waals surface area contributed by atoms with E-state index in [1.54, 1.807) is 4.90 Å². The lowest BCUT2D eigenvalue weighted by molar-refractivity contribution is -0.137. The first-order valence-electron chi connectivity index (χ1n) is 7.31. The van der Waals surface area contributed by atoms with E-state index in [4.69, 9.17) is 0 Å². The first-order valence-corrected chi connectivity index (χ1v) is 7.31. The minimum Gasteiger partial charge on any atom is -0.287 e. The Morgan fingerprint density at radius 1 is 1.17 bits per heavy atom. The summed E-state index contributed by atoms with van der Waals surface area (Å²) in [6.07, 6.45) is -5.22. The van der Waals surface area contributed by atoms with Gasteiger partial charge in [-0.15, -0.1) is 5.10 Å². The van der Waals surface area contributed by atoms with Crippen molar-refractivity contribution >= 4 is 0 Å². The number of rotatable bonds is 6. The second-order valence-electron chi connectivity index (χ2n) is 5.60. The molecule has 3 rings (SSSR count). The summed E-state index contributed by atoms with van der Waals surface area (Å²) in [5, 5.41) is 11.1. The molecule has 24 heavy (non-hydrogen) atoms. The minimum absolute atomic E-state index is 0.0803. The van der Waals surface area contributed by atoms with E-state index in [2.05, 4.69) is 15.5 Å². The first-order chi connectivity index (χ1) is 11.3. The van der Waals surface area contributed by atoms with Crippen LogP contribution in [0.1, 0.15) is 24.2 Å². The summed E-state index contributed by atoms with van der Waals surface area (Å²) in [4.78, 5) is 1.59. The summed E-state index contributed by atoms with van der Waals surface area (Å²) in [5.74, 6) is 0.308. The second kappa shape index (κ2) is 6.42. The Morgan fingerprint density at radius 3 is 2.38 bits per heavy atom. The lowest BCUT2D eigenvalue weighted by Crippen LogP contribution is -2.31. The van der Waals surface area contributed by atoms with Crippen LogP contribution in [-0.4, -0.2) is 44.1 Å². The van der Waals surface area contributed by atoms with Crippen LogP contribution in [0.4, 0.5) is 22.0 Å². The zero-order chi connectivity index (χ0) is 17.3. The molecule has 1 aromatic carbocycles. The summed E-state index contributed by atoms with van der Waals surface area (Å²) in [5.41, 5.74) is -0.436. The lowest BCUT2D eigenvalue weighted by atomic mass is 10.2. The van der Waals surface area contributed by atoms with Gasteiger partial charge in [0.15, 0.2) is 5.82 Å². The maximum atomic E-state index is 12.7. The minimum atomic E-state index is -4.43. The fourth-order valence-corrected chi connectivity index (χ4v) is 2.44. The average molecular weight is 347 g/mol. The van der Waals surface area contributed by atoms with E-state index in [9.17, 15) is 22.0 Å². The highest BCUT2D eigenvalue weighted by Crippen LogP contribution is 2.30. The molecule has 5 nitrogen and oxygen atoms in total. The van der Waals surface area contributed by atoms with Crippen molar-refractivity contribution in [3.05, 3.63) is 35.7 Å². The molecular weight excluding hydrogens is 333 g/mol. The van der Waals surface area contributed by atoms with Gasteiger partial charge in [0.25, 0.3) is 6.43 Å². The van der Waals surface area contributed by atoms with Crippen LogP contribution in [0.25, 0.3) is 5.69 Å². The molecule has 130 valence electrons. The number of benzene rings is 1. The van der Waals surface area contributed by atoms with Crippen molar-refractivity contribution in [1.29, 1.82) is 0 Å². The maximum absolute atomic E-state index is 12.7. The van der Waals surface area contributed by atoms with Gasteiger partial charge in [-0.3, -0.25) is 4.90 Å². The van der Waals surface area contributed by atoms with E-state index in [0.717, 1.165) is 25.0 Å². The number of halogens is 5. The number of tetrazole rings is 1. The van der Waals surface area contributed by atoms with Gasteiger partial charge in [-0.25, -0.2) is 8.78 Å². The highest BCUT2D eigenvalue weighted by atomic mass is 19.4. The van der Waals surface area contributed by atoms with Crippen molar-refractivity contribution in [3.8, 4) is 5.69 Å². The zero-order valence-corrected chi connectivity index (χ0v) is 12.4. The molecule has 0 bridgehead atoms. The Bertz CT molecular complexity index is 678. The molecule has 10 heteroatoms. The van der Waals surface area contributed by atoms with E-state index in [-0.39, 0.29) is 19.1 Å². The largest absolute Gasteiger partial charge is 0.416 e. The van der Waals surface area contributed by atoms with Gasteiger partial charge in [-0.1, -0.05) is 0 Å². The van der Waals surface area contributed by atoms with E-state index < -0.39 is 18.2 Å². The molecule has 0 aliphatic heterocycles. The number of aromatic nitrogens is 4. The third-order valence-electron chi connectivity index (χ3n) is 3.75. The summed E-state index contributed by atoms with van der Waals surface area (Å²) >= 11 is 0. The van der Waals surface area contributed by atoms with E-state index in [0.29, 0.717) is 11.5 Å². The number of alkyl halides is 5. The van der Waals surface area contributed by atoms with Crippen molar-refractivity contribution in [2.45, 2.75) is 38.0 Å². The van der Waals surface area contributed by atoms with Crippen LogP contribution in [0.3, 0.4) is 0 Å². The van der Waals surface area contributed by atoms with Crippen molar-refractivity contribution in [2.75, 3.05) is 6.54 Å².